The van der Waals surface area contributed by atoms with Crippen molar-refractivity contribution < 1.29 is 13.6 Å². The van der Waals surface area contributed by atoms with Gasteiger partial charge in [0.1, 0.15) is 5.82 Å². The molecule has 2 aromatic rings. The summed E-state index contributed by atoms with van der Waals surface area (Å²) < 4.78 is 25.8. The fourth-order valence-corrected chi connectivity index (χ4v) is 1.56. The van der Waals surface area contributed by atoms with Crippen molar-refractivity contribution in [3.05, 3.63) is 53.7 Å². The van der Waals surface area contributed by atoms with E-state index in [1.807, 2.05) is 0 Å². The van der Waals surface area contributed by atoms with Gasteiger partial charge in [0.2, 0.25) is 0 Å². The van der Waals surface area contributed by atoms with Crippen molar-refractivity contribution in [2.45, 2.75) is 0 Å². The summed E-state index contributed by atoms with van der Waals surface area (Å²) in [7, 11) is 1.64. The van der Waals surface area contributed by atoms with Crippen LogP contribution < -0.4 is 10.6 Å². The van der Waals surface area contributed by atoms with Gasteiger partial charge >= 0.3 is 0 Å². The minimum atomic E-state index is -1.02. The van der Waals surface area contributed by atoms with E-state index in [1.54, 1.807) is 25.4 Å². The highest BCUT2D eigenvalue weighted by molar-refractivity contribution is 6.07. The number of anilines is 2. The molecule has 2 N–H and O–H groups in total. The summed E-state index contributed by atoms with van der Waals surface area (Å²) in [5.74, 6) is -2.03. The topological polar surface area (TPSA) is 54.0 Å². The van der Waals surface area contributed by atoms with E-state index in [2.05, 4.69) is 15.6 Å². The number of halogens is 2. The third-order valence-corrected chi connectivity index (χ3v) is 2.47. The number of carbonyl (C=O) groups excluding carboxylic acids is 1. The number of pyridine rings is 1. The molecular weight excluding hydrogens is 252 g/mol. The summed E-state index contributed by atoms with van der Waals surface area (Å²) in [4.78, 5) is 16.0. The molecule has 4 nitrogen and oxygen atoms in total. The molecule has 6 heteroatoms. The summed E-state index contributed by atoms with van der Waals surface area (Å²) >= 11 is 0. The van der Waals surface area contributed by atoms with Crippen LogP contribution in [0.25, 0.3) is 0 Å². The highest BCUT2D eigenvalue weighted by Gasteiger charge is 2.12. The molecule has 0 spiro atoms. The van der Waals surface area contributed by atoms with Gasteiger partial charge in [0.25, 0.3) is 5.91 Å². The summed E-state index contributed by atoms with van der Waals surface area (Å²) in [6.07, 6.45) is 1.54. The lowest BCUT2D eigenvalue weighted by Gasteiger charge is -2.08. The summed E-state index contributed by atoms with van der Waals surface area (Å²) in [6, 6.07) is 6.34. The largest absolute Gasteiger partial charge is 0.372 e. The molecule has 19 heavy (non-hydrogen) atoms. The molecular formula is C13H11F2N3O. The Labute approximate surface area is 108 Å². The SMILES string of the molecule is CNc1ncccc1C(=O)Nc1ccc(F)c(F)c1. The maximum absolute atomic E-state index is 13.0. The van der Waals surface area contributed by atoms with Crippen LogP contribution in [0.2, 0.25) is 0 Å². The van der Waals surface area contributed by atoms with Crippen molar-refractivity contribution in [2.24, 2.45) is 0 Å². The monoisotopic (exact) mass is 263 g/mol. The molecule has 0 aliphatic carbocycles. The number of benzene rings is 1. The highest BCUT2D eigenvalue weighted by Crippen LogP contribution is 2.16. The van der Waals surface area contributed by atoms with Gasteiger partial charge in [-0.2, -0.15) is 0 Å². The normalized spacial score (nSPS) is 10.1. The number of carbonyl (C=O) groups is 1. The van der Waals surface area contributed by atoms with E-state index in [9.17, 15) is 13.6 Å². The zero-order chi connectivity index (χ0) is 13.8. The molecule has 1 aromatic heterocycles. The quantitative estimate of drug-likeness (QED) is 0.895. The first-order valence-corrected chi connectivity index (χ1v) is 5.51. The Morgan fingerprint density at radius 2 is 2.00 bits per heavy atom. The zero-order valence-electron chi connectivity index (χ0n) is 10.1. The fourth-order valence-electron chi connectivity index (χ4n) is 1.56. The molecule has 0 aliphatic rings. The van der Waals surface area contributed by atoms with Gasteiger partial charge in [0, 0.05) is 25.0 Å². The Hall–Kier alpha value is -2.50. The van der Waals surface area contributed by atoms with Gasteiger partial charge in [-0.05, 0) is 24.3 Å². The number of hydrogen-bond acceptors (Lipinski definition) is 3. The van der Waals surface area contributed by atoms with Crippen molar-refractivity contribution in [3.8, 4) is 0 Å². The molecule has 0 radical (unpaired) electrons. The van der Waals surface area contributed by atoms with E-state index in [0.717, 1.165) is 12.1 Å². The lowest BCUT2D eigenvalue weighted by Crippen LogP contribution is -2.14. The number of amides is 1. The predicted molar refractivity (Wildman–Crippen MR) is 68.1 cm³/mol. The van der Waals surface area contributed by atoms with E-state index in [-0.39, 0.29) is 5.69 Å². The van der Waals surface area contributed by atoms with Gasteiger partial charge in [-0.1, -0.05) is 0 Å². The molecule has 2 rings (SSSR count). The molecule has 0 saturated heterocycles. The maximum Gasteiger partial charge on any atom is 0.259 e. The van der Waals surface area contributed by atoms with Crippen LogP contribution in [0.1, 0.15) is 10.4 Å². The molecule has 1 amide bonds. The van der Waals surface area contributed by atoms with E-state index in [1.165, 1.54) is 6.07 Å². The van der Waals surface area contributed by atoms with Crippen molar-refractivity contribution in [1.82, 2.24) is 4.98 Å². The van der Waals surface area contributed by atoms with Crippen LogP contribution in [0.5, 0.6) is 0 Å². The Bertz CT molecular complexity index is 617. The third-order valence-electron chi connectivity index (χ3n) is 2.47. The first kappa shape index (κ1) is 12.9. The average molecular weight is 263 g/mol. The van der Waals surface area contributed by atoms with Crippen molar-refractivity contribution in [2.75, 3.05) is 17.7 Å². The molecule has 98 valence electrons. The summed E-state index contributed by atoms with van der Waals surface area (Å²) in [5, 5.41) is 5.25. The van der Waals surface area contributed by atoms with Crippen LogP contribution in [-0.4, -0.2) is 17.9 Å². The minimum Gasteiger partial charge on any atom is -0.372 e. The molecule has 1 heterocycles. The van der Waals surface area contributed by atoms with Crippen molar-refractivity contribution in [1.29, 1.82) is 0 Å². The molecule has 0 atom stereocenters. The number of nitrogens with zero attached hydrogens (tertiary/aromatic N) is 1. The van der Waals surface area contributed by atoms with Gasteiger partial charge in [0.15, 0.2) is 11.6 Å². The Morgan fingerprint density at radius 1 is 1.21 bits per heavy atom. The molecule has 0 saturated carbocycles. The van der Waals surface area contributed by atoms with Crippen LogP contribution >= 0.6 is 0 Å². The maximum atomic E-state index is 13.0. The van der Waals surface area contributed by atoms with E-state index in [4.69, 9.17) is 0 Å². The molecule has 0 fully saturated rings. The van der Waals surface area contributed by atoms with Crippen LogP contribution in [0.15, 0.2) is 36.5 Å². The third kappa shape index (κ3) is 2.85. The first-order chi connectivity index (χ1) is 9.11. The number of hydrogen-bond donors (Lipinski definition) is 2. The second kappa shape index (κ2) is 5.43. The Morgan fingerprint density at radius 3 is 2.68 bits per heavy atom. The zero-order valence-corrected chi connectivity index (χ0v) is 10.1. The number of aromatic nitrogens is 1. The molecule has 0 bridgehead atoms. The fraction of sp³-hybridized carbons (Fsp3) is 0.0769. The van der Waals surface area contributed by atoms with Gasteiger partial charge < -0.3 is 10.6 Å². The van der Waals surface area contributed by atoms with Gasteiger partial charge in [0.05, 0.1) is 5.56 Å². The van der Waals surface area contributed by atoms with Crippen LogP contribution in [-0.2, 0) is 0 Å². The van der Waals surface area contributed by atoms with Crippen molar-refractivity contribution in [3.63, 3.8) is 0 Å². The van der Waals surface area contributed by atoms with Gasteiger partial charge in [-0.15, -0.1) is 0 Å². The second-order valence-corrected chi connectivity index (χ2v) is 3.73. The number of nitrogens with one attached hydrogen (secondary N) is 2. The average Bonchev–Trinajstić information content (AvgIpc) is 2.43. The van der Waals surface area contributed by atoms with Crippen molar-refractivity contribution >= 4 is 17.4 Å². The van der Waals surface area contributed by atoms with Gasteiger partial charge in [-0.3, -0.25) is 4.79 Å². The van der Waals surface area contributed by atoms with Crippen LogP contribution in [0.4, 0.5) is 20.3 Å². The number of rotatable bonds is 3. The van der Waals surface area contributed by atoms with Crippen LogP contribution in [0.3, 0.4) is 0 Å². The van der Waals surface area contributed by atoms with E-state index >= 15 is 0 Å². The van der Waals surface area contributed by atoms with Gasteiger partial charge in [-0.25, -0.2) is 13.8 Å². The summed E-state index contributed by atoms with van der Waals surface area (Å²) in [5.41, 5.74) is 0.490. The lowest BCUT2D eigenvalue weighted by atomic mass is 10.2. The molecule has 1 aromatic carbocycles. The smallest absolute Gasteiger partial charge is 0.259 e. The lowest BCUT2D eigenvalue weighted by molar-refractivity contribution is 0.102. The predicted octanol–water partition coefficient (Wildman–Crippen LogP) is 2.65. The Kier molecular flexibility index (Phi) is 3.70. The Balaban J connectivity index is 2.23. The summed E-state index contributed by atoms with van der Waals surface area (Å²) in [6.45, 7) is 0. The standard InChI is InChI=1S/C13H11F2N3O/c1-16-12-9(3-2-6-17-12)13(19)18-8-4-5-10(14)11(15)7-8/h2-7H,1H3,(H,16,17)(H,18,19). The van der Waals surface area contributed by atoms with E-state index in [0.29, 0.717) is 11.4 Å². The van der Waals surface area contributed by atoms with Crippen LogP contribution in [0, 0.1) is 11.6 Å². The second-order valence-electron chi connectivity index (χ2n) is 3.73. The van der Waals surface area contributed by atoms with E-state index < -0.39 is 17.5 Å². The first-order valence-electron chi connectivity index (χ1n) is 5.51. The minimum absolute atomic E-state index is 0.176. The molecule has 0 aliphatic heterocycles. The highest BCUT2D eigenvalue weighted by atomic mass is 19.2. The molecule has 0 unspecified atom stereocenters.